The summed E-state index contributed by atoms with van der Waals surface area (Å²) in [6.45, 7) is 6.30. The van der Waals surface area contributed by atoms with Crippen LogP contribution < -0.4 is 5.32 Å². The second-order valence-electron chi connectivity index (χ2n) is 5.11. The van der Waals surface area contributed by atoms with Crippen molar-refractivity contribution in [3.05, 3.63) is 64.7 Å². The van der Waals surface area contributed by atoms with Gasteiger partial charge in [0.25, 0.3) is 0 Å². The van der Waals surface area contributed by atoms with Crippen molar-refractivity contribution in [1.29, 1.82) is 0 Å². The highest BCUT2D eigenvalue weighted by molar-refractivity contribution is 5.48. The molecule has 2 N–H and O–H groups in total. The van der Waals surface area contributed by atoms with Crippen LogP contribution >= 0.6 is 0 Å². The SMILES string of the molecule is Cc1cccc(NC(CO)c2cc(C)ccc2C)c1. The lowest BCUT2D eigenvalue weighted by Gasteiger charge is -2.21. The van der Waals surface area contributed by atoms with Crippen LogP contribution in [0.1, 0.15) is 28.3 Å². The molecule has 0 aliphatic carbocycles. The Morgan fingerprint density at radius 1 is 1.00 bits per heavy atom. The minimum absolute atomic E-state index is 0.0679. The second-order valence-corrected chi connectivity index (χ2v) is 5.11. The number of aliphatic hydroxyl groups is 1. The van der Waals surface area contributed by atoms with Crippen LogP contribution in [0.4, 0.5) is 5.69 Å². The molecule has 0 fully saturated rings. The molecule has 0 saturated carbocycles. The molecule has 2 nitrogen and oxygen atoms in total. The monoisotopic (exact) mass is 255 g/mol. The lowest BCUT2D eigenvalue weighted by atomic mass is 9.99. The molecule has 2 heteroatoms. The molecule has 2 aromatic carbocycles. The third kappa shape index (κ3) is 3.36. The molecule has 0 saturated heterocycles. The maximum absolute atomic E-state index is 9.66. The molecule has 0 amide bonds. The second kappa shape index (κ2) is 5.89. The summed E-state index contributed by atoms with van der Waals surface area (Å²) in [5.74, 6) is 0. The third-order valence-corrected chi connectivity index (χ3v) is 3.35. The van der Waals surface area contributed by atoms with Crippen LogP contribution in [0, 0.1) is 20.8 Å². The van der Waals surface area contributed by atoms with E-state index in [0.717, 1.165) is 11.3 Å². The quantitative estimate of drug-likeness (QED) is 0.872. The zero-order valence-corrected chi connectivity index (χ0v) is 11.8. The van der Waals surface area contributed by atoms with Gasteiger partial charge in [0.15, 0.2) is 0 Å². The summed E-state index contributed by atoms with van der Waals surface area (Å²) < 4.78 is 0. The van der Waals surface area contributed by atoms with E-state index in [2.05, 4.69) is 56.4 Å². The van der Waals surface area contributed by atoms with Crippen molar-refractivity contribution in [1.82, 2.24) is 0 Å². The summed E-state index contributed by atoms with van der Waals surface area (Å²) in [4.78, 5) is 0. The Labute approximate surface area is 115 Å². The van der Waals surface area contributed by atoms with Gasteiger partial charge < -0.3 is 10.4 Å². The molecule has 2 aromatic rings. The van der Waals surface area contributed by atoms with Crippen LogP contribution in [0.15, 0.2) is 42.5 Å². The highest BCUT2D eigenvalue weighted by Gasteiger charge is 2.12. The highest BCUT2D eigenvalue weighted by atomic mass is 16.3. The van der Waals surface area contributed by atoms with Gasteiger partial charge in [-0.2, -0.15) is 0 Å². The lowest BCUT2D eigenvalue weighted by Crippen LogP contribution is -2.16. The number of rotatable bonds is 4. The van der Waals surface area contributed by atoms with E-state index < -0.39 is 0 Å². The van der Waals surface area contributed by atoms with Gasteiger partial charge in [-0.1, -0.05) is 35.9 Å². The standard InChI is InChI=1S/C17H21NO/c1-12-5-4-6-15(9-12)18-17(11-19)16-10-13(2)7-8-14(16)3/h4-10,17-19H,11H2,1-3H3. The van der Waals surface area contributed by atoms with Crippen LogP contribution in [-0.2, 0) is 0 Å². The van der Waals surface area contributed by atoms with E-state index in [4.69, 9.17) is 0 Å². The van der Waals surface area contributed by atoms with Crippen LogP contribution in [0.2, 0.25) is 0 Å². The number of nitrogens with one attached hydrogen (secondary N) is 1. The van der Waals surface area contributed by atoms with E-state index in [-0.39, 0.29) is 12.6 Å². The van der Waals surface area contributed by atoms with Gasteiger partial charge in [0.05, 0.1) is 12.6 Å². The van der Waals surface area contributed by atoms with Crippen molar-refractivity contribution in [2.75, 3.05) is 11.9 Å². The number of aryl methyl sites for hydroxylation is 3. The summed E-state index contributed by atoms with van der Waals surface area (Å²) in [7, 11) is 0. The van der Waals surface area contributed by atoms with E-state index in [1.54, 1.807) is 0 Å². The zero-order chi connectivity index (χ0) is 13.8. The number of hydrogen-bond acceptors (Lipinski definition) is 2. The Morgan fingerprint density at radius 3 is 2.42 bits per heavy atom. The van der Waals surface area contributed by atoms with Crippen molar-refractivity contribution in [2.45, 2.75) is 26.8 Å². The minimum Gasteiger partial charge on any atom is -0.394 e. The summed E-state index contributed by atoms with van der Waals surface area (Å²) in [5, 5.41) is 13.1. The van der Waals surface area contributed by atoms with E-state index in [0.29, 0.717) is 0 Å². The number of anilines is 1. The maximum Gasteiger partial charge on any atom is 0.0747 e. The van der Waals surface area contributed by atoms with Crippen molar-refractivity contribution in [2.24, 2.45) is 0 Å². The molecule has 100 valence electrons. The van der Waals surface area contributed by atoms with Crippen LogP contribution in [0.25, 0.3) is 0 Å². The first-order valence-corrected chi connectivity index (χ1v) is 6.61. The van der Waals surface area contributed by atoms with E-state index in [1.165, 1.54) is 16.7 Å². The van der Waals surface area contributed by atoms with Crippen molar-refractivity contribution in [3.8, 4) is 0 Å². The molecule has 1 atom stereocenters. The lowest BCUT2D eigenvalue weighted by molar-refractivity contribution is 0.276. The summed E-state index contributed by atoms with van der Waals surface area (Å²) in [6.07, 6.45) is 0. The first-order valence-electron chi connectivity index (χ1n) is 6.61. The molecule has 0 aliphatic rings. The molecule has 1 unspecified atom stereocenters. The molecular formula is C17H21NO. The summed E-state index contributed by atoms with van der Waals surface area (Å²) >= 11 is 0. The molecule has 19 heavy (non-hydrogen) atoms. The number of hydrogen-bond donors (Lipinski definition) is 2. The molecule has 0 heterocycles. The van der Waals surface area contributed by atoms with Gasteiger partial charge in [0, 0.05) is 5.69 Å². The topological polar surface area (TPSA) is 32.3 Å². The minimum atomic E-state index is -0.0679. The predicted octanol–water partition coefficient (Wildman–Crippen LogP) is 3.76. The van der Waals surface area contributed by atoms with Gasteiger partial charge in [-0.25, -0.2) is 0 Å². The Morgan fingerprint density at radius 2 is 1.74 bits per heavy atom. The molecular weight excluding hydrogens is 234 g/mol. The van der Waals surface area contributed by atoms with Gasteiger partial charge in [-0.3, -0.25) is 0 Å². The molecule has 0 aliphatic heterocycles. The molecule has 0 spiro atoms. The summed E-state index contributed by atoms with van der Waals surface area (Å²) in [6, 6.07) is 14.5. The number of aliphatic hydroxyl groups excluding tert-OH is 1. The van der Waals surface area contributed by atoms with E-state index in [1.807, 2.05) is 12.1 Å². The molecule has 0 radical (unpaired) electrons. The first-order chi connectivity index (χ1) is 9.10. The predicted molar refractivity (Wildman–Crippen MR) is 80.5 cm³/mol. The van der Waals surface area contributed by atoms with Crippen LogP contribution in [0.3, 0.4) is 0 Å². The largest absolute Gasteiger partial charge is 0.394 e. The highest BCUT2D eigenvalue weighted by Crippen LogP contribution is 2.23. The van der Waals surface area contributed by atoms with Gasteiger partial charge in [-0.05, 0) is 49.6 Å². The molecule has 0 bridgehead atoms. The fraction of sp³-hybridized carbons (Fsp3) is 0.294. The maximum atomic E-state index is 9.66. The molecule has 2 rings (SSSR count). The first kappa shape index (κ1) is 13.6. The Kier molecular flexibility index (Phi) is 4.23. The summed E-state index contributed by atoms with van der Waals surface area (Å²) in [5.41, 5.74) is 5.82. The third-order valence-electron chi connectivity index (χ3n) is 3.35. The van der Waals surface area contributed by atoms with Gasteiger partial charge in [0.1, 0.15) is 0 Å². The van der Waals surface area contributed by atoms with Crippen molar-refractivity contribution < 1.29 is 5.11 Å². The van der Waals surface area contributed by atoms with E-state index >= 15 is 0 Å². The van der Waals surface area contributed by atoms with Crippen molar-refractivity contribution in [3.63, 3.8) is 0 Å². The fourth-order valence-corrected chi connectivity index (χ4v) is 2.29. The molecule has 0 aromatic heterocycles. The zero-order valence-electron chi connectivity index (χ0n) is 11.8. The average molecular weight is 255 g/mol. The average Bonchev–Trinajstić information content (AvgIpc) is 2.39. The van der Waals surface area contributed by atoms with Crippen LogP contribution in [-0.4, -0.2) is 11.7 Å². The fourth-order valence-electron chi connectivity index (χ4n) is 2.29. The van der Waals surface area contributed by atoms with Gasteiger partial charge >= 0.3 is 0 Å². The Balaban J connectivity index is 2.27. The smallest absolute Gasteiger partial charge is 0.0747 e. The van der Waals surface area contributed by atoms with Crippen molar-refractivity contribution >= 4 is 5.69 Å². The Hall–Kier alpha value is -1.80. The normalized spacial score (nSPS) is 12.2. The van der Waals surface area contributed by atoms with Crippen LogP contribution in [0.5, 0.6) is 0 Å². The van der Waals surface area contributed by atoms with E-state index in [9.17, 15) is 5.11 Å². The van der Waals surface area contributed by atoms with Gasteiger partial charge in [0.2, 0.25) is 0 Å². The number of benzene rings is 2. The van der Waals surface area contributed by atoms with Gasteiger partial charge in [-0.15, -0.1) is 0 Å². The Bertz CT molecular complexity index is 563.